The molecule has 7 heteroatoms. The smallest absolute Gasteiger partial charge is 0.243 e. The Labute approximate surface area is 125 Å². The van der Waals surface area contributed by atoms with Gasteiger partial charge in [0.05, 0.1) is 31.8 Å². The van der Waals surface area contributed by atoms with Crippen LogP contribution in [0.1, 0.15) is 13.8 Å². The minimum Gasteiger partial charge on any atom is -0.493 e. The normalized spacial score (nSPS) is 23.8. The Balaban J connectivity index is 2.39. The van der Waals surface area contributed by atoms with Crippen molar-refractivity contribution in [1.82, 2.24) is 4.31 Å². The largest absolute Gasteiger partial charge is 0.493 e. The Bertz CT molecular complexity index is 601. The molecule has 1 fully saturated rings. The molecule has 6 nitrogen and oxygen atoms in total. The Kier molecular flexibility index (Phi) is 4.75. The fourth-order valence-corrected chi connectivity index (χ4v) is 4.03. The second-order valence-corrected chi connectivity index (χ2v) is 6.98. The molecule has 1 aliphatic heterocycles. The van der Waals surface area contributed by atoms with Crippen molar-refractivity contribution in [1.29, 1.82) is 0 Å². The molecule has 1 aliphatic rings. The fraction of sp³-hybridized carbons (Fsp3) is 0.571. The molecule has 0 aliphatic carbocycles. The first-order valence-corrected chi connectivity index (χ1v) is 8.19. The first kappa shape index (κ1) is 16.1. The summed E-state index contributed by atoms with van der Waals surface area (Å²) in [6, 6.07) is 4.42. The van der Waals surface area contributed by atoms with Gasteiger partial charge >= 0.3 is 0 Å². The number of hydrogen-bond donors (Lipinski definition) is 0. The van der Waals surface area contributed by atoms with Gasteiger partial charge in [-0.2, -0.15) is 4.31 Å². The van der Waals surface area contributed by atoms with E-state index in [-0.39, 0.29) is 17.0 Å². The van der Waals surface area contributed by atoms with E-state index in [1.807, 2.05) is 13.8 Å². The molecule has 21 heavy (non-hydrogen) atoms. The molecule has 118 valence electrons. The van der Waals surface area contributed by atoms with Crippen molar-refractivity contribution in [2.45, 2.75) is 30.9 Å². The van der Waals surface area contributed by atoms with E-state index >= 15 is 0 Å². The second kappa shape index (κ2) is 6.21. The van der Waals surface area contributed by atoms with Gasteiger partial charge in [-0.25, -0.2) is 8.42 Å². The van der Waals surface area contributed by atoms with E-state index in [1.54, 1.807) is 6.07 Å². The molecule has 0 N–H and O–H groups in total. The number of methoxy groups -OCH3 is 2. The van der Waals surface area contributed by atoms with E-state index in [0.29, 0.717) is 24.7 Å². The number of sulfonamides is 1. The summed E-state index contributed by atoms with van der Waals surface area (Å²) in [5, 5.41) is 0. The SMILES string of the molecule is COc1ccc(S(=O)(=O)N2C[C@H](C)OC[C@H]2C)cc1OC. The number of benzene rings is 1. The minimum absolute atomic E-state index is 0.115. The summed E-state index contributed by atoms with van der Waals surface area (Å²) in [5.74, 6) is 0.896. The zero-order chi connectivity index (χ0) is 15.6. The molecule has 1 aromatic carbocycles. The van der Waals surface area contributed by atoms with Crippen LogP contribution >= 0.6 is 0 Å². The highest BCUT2D eigenvalue weighted by molar-refractivity contribution is 7.89. The first-order valence-electron chi connectivity index (χ1n) is 6.75. The van der Waals surface area contributed by atoms with Crippen molar-refractivity contribution in [2.75, 3.05) is 27.4 Å². The maximum Gasteiger partial charge on any atom is 0.243 e. The summed E-state index contributed by atoms with van der Waals surface area (Å²) in [7, 11) is -0.592. The van der Waals surface area contributed by atoms with Crippen molar-refractivity contribution < 1.29 is 22.6 Å². The Morgan fingerprint density at radius 1 is 1.19 bits per heavy atom. The summed E-state index contributed by atoms with van der Waals surface area (Å²) < 4.78 is 42.8. The van der Waals surface area contributed by atoms with E-state index in [4.69, 9.17) is 14.2 Å². The summed E-state index contributed by atoms with van der Waals surface area (Å²) in [6.45, 7) is 4.44. The quantitative estimate of drug-likeness (QED) is 0.842. The van der Waals surface area contributed by atoms with Gasteiger partial charge in [0.25, 0.3) is 0 Å². The fourth-order valence-electron chi connectivity index (χ4n) is 2.32. The van der Waals surface area contributed by atoms with Crippen LogP contribution in [0.3, 0.4) is 0 Å². The second-order valence-electron chi connectivity index (χ2n) is 5.08. The number of ether oxygens (including phenoxy) is 3. The van der Waals surface area contributed by atoms with Gasteiger partial charge in [-0.15, -0.1) is 0 Å². The molecule has 1 heterocycles. The Morgan fingerprint density at radius 2 is 1.86 bits per heavy atom. The monoisotopic (exact) mass is 315 g/mol. The topological polar surface area (TPSA) is 65.1 Å². The summed E-state index contributed by atoms with van der Waals surface area (Å²) in [6.07, 6.45) is -0.115. The van der Waals surface area contributed by atoms with Crippen molar-refractivity contribution in [3.05, 3.63) is 18.2 Å². The first-order chi connectivity index (χ1) is 9.90. The van der Waals surface area contributed by atoms with Crippen LogP contribution in [0, 0.1) is 0 Å². The van der Waals surface area contributed by atoms with Gasteiger partial charge in [0, 0.05) is 18.7 Å². The van der Waals surface area contributed by atoms with E-state index in [0.717, 1.165) is 0 Å². The Morgan fingerprint density at radius 3 is 2.48 bits per heavy atom. The van der Waals surface area contributed by atoms with Crippen LogP contribution in [0.4, 0.5) is 0 Å². The van der Waals surface area contributed by atoms with Crippen LogP contribution in [-0.2, 0) is 14.8 Å². The molecule has 0 radical (unpaired) electrons. The maximum atomic E-state index is 12.8. The average Bonchev–Trinajstić information content (AvgIpc) is 2.48. The van der Waals surface area contributed by atoms with Gasteiger partial charge in [0.2, 0.25) is 10.0 Å². The van der Waals surface area contributed by atoms with Crippen LogP contribution < -0.4 is 9.47 Å². The highest BCUT2D eigenvalue weighted by atomic mass is 32.2. The molecule has 0 unspecified atom stereocenters. The van der Waals surface area contributed by atoms with Crippen molar-refractivity contribution in [3.63, 3.8) is 0 Å². The van der Waals surface area contributed by atoms with Crippen LogP contribution in [0.2, 0.25) is 0 Å². The molecule has 0 amide bonds. The zero-order valence-corrected chi connectivity index (χ0v) is 13.5. The van der Waals surface area contributed by atoms with Gasteiger partial charge in [-0.1, -0.05) is 0 Å². The van der Waals surface area contributed by atoms with Crippen LogP contribution in [-0.4, -0.2) is 52.2 Å². The van der Waals surface area contributed by atoms with Gasteiger partial charge in [-0.3, -0.25) is 0 Å². The lowest BCUT2D eigenvalue weighted by molar-refractivity contribution is -0.0170. The van der Waals surface area contributed by atoms with Crippen molar-refractivity contribution in [2.24, 2.45) is 0 Å². The van der Waals surface area contributed by atoms with Gasteiger partial charge in [0.15, 0.2) is 11.5 Å². The van der Waals surface area contributed by atoms with Crippen LogP contribution in [0.5, 0.6) is 11.5 Å². The highest BCUT2D eigenvalue weighted by Crippen LogP contribution is 2.31. The predicted molar refractivity (Wildman–Crippen MR) is 78.3 cm³/mol. The molecule has 2 rings (SSSR count). The van der Waals surface area contributed by atoms with Crippen LogP contribution in [0.25, 0.3) is 0 Å². The molecule has 0 aromatic heterocycles. The lowest BCUT2D eigenvalue weighted by Crippen LogP contribution is -2.50. The molecule has 2 atom stereocenters. The lowest BCUT2D eigenvalue weighted by atomic mass is 10.2. The van der Waals surface area contributed by atoms with Crippen molar-refractivity contribution >= 4 is 10.0 Å². The molecule has 0 saturated carbocycles. The van der Waals surface area contributed by atoms with Crippen LogP contribution in [0.15, 0.2) is 23.1 Å². The Hall–Kier alpha value is -1.31. The summed E-state index contributed by atoms with van der Waals surface area (Å²) >= 11 is 0. The molecular formula is C14H21NO5S. The molecule has 0 bridgehead atoms. The van der Waals surface area contributed by atoms with E-state index in [2.05, 4.69) is 0 Å². The van der Waals surface area contributed by atoms with Gasteiger partial charge in [-0.05, 0) is 26.0 Å². The molecular weight excluding hydrogens is 294 g/mol. The number of nitrogens with zero attached hydrogens (tertiary/aromatic N) is 1. The lowest BCUT2D eigenvalue weighted by Gasteiger charge is -2.35. The highest BCUT2D eigenvalue weighted by Gasteiger charge is 2.34. The minimum atomic E-state index is -3.58. The number of morpholine rings is 1. The third-order valence-corrected chi connectivity index (χ3v) is 5.49. The third-order valence-electron chi connectivity index (χ3n) is 3.51. The van der Waals surface area contributed by atoms with E-state index < -0.39 is 10.0 Å². The maximum absolute atomic E-state index is 12.8. The van der Waals surface area contributed by atoms with Gasteiger partial charge < -0.3 is 14.2 Å². The third kappa shape index (κ3) is 3.14. The molecule has 0 spiro atoms. The standard InChI is InChI=1S/C14H21NO5S/c1-10-9-20-11(2)8-15(10)21(16,17)12-5-6-13(18-3)14(7-12)19-4/h5-7,10-11H,8-9H2,1-4H3/t10-,11+/m1/s1. The predicted octanol–water partition coefficient (Wildman–Crippen LogP) is 1.50. The van der Waals surface area contributed by atoms with E-state index in [1.165, 1.54) is 30.7 Å². The summed E-state index contributed by atoms with van der Waals surface area (Å²) in [4.78, 5) is 0.195. The molecule has 1 saturated heterocycles. The number of hydrogen-bond acceptors (Lipinski definition) is 5. The zero-order valence-electron chi connectivity index (χ0n) is 12.7. The number of rotatable bonds is 4. The summed E-state index contributed by atoms with van der Waals surface area (Å²) in [5.41, 5.74) is 0. The van der Waals surface area contributed by atoms with E-state index in [9.17, 15) is 8.42 Å². The van der Waals surface area contributed by atoms with Crippen molar-refractivity contribution in [3.8, 4) is 11.5 Å². The average molecular weight is 315 g/mol. The molecule has 1 aromatic rings. The van der Waals surface area contributed by atoms with Gasteiger partial charge in [0.1, 0.15) is 0 Å².